The van der Waals surface area contributed by atoms with Crippen LogP contribution in [-0.4, -0.2) is 50.4 Å². The molecule has 0 radical (unpaired) electrons. The molecule has 4 rings (SSSR count). The van der Waals surface area contributed by atoms with Gasteiger partial charge in [-0.25, -0.2) is 9.18 Å². The molecule has 1 aliphatic carbocycles. The number of benzene rings is 1. The van der Waals surface area contributed by atoms with E-state index in [2.05, 4.69) is 19.2 Å². The first-order chi connectivity index (χ1) is 15.1. The summed E-state index contributed by atoms with van der Waals surface area (Å²) in [6.07, 6.45) is 4.19. The number of nitrogens with two attached hydrogens (primary N) is 1. The maximum absolute atomic E-state index is 15.8. The summed E-state index contributed by atoms with van der Waals surface area (Å²) >= 11 is 0. The van der Waals surface area contributed by atoms with Crippen LogP contribution in [0.1, 0.15) is 45.1 Å². The summed E-state index contributed by atoms with van der Waals surface area (Å²) in [6.45, 7) is 5.46. The monoisotopic (exact) mass is 448 g/mol. The second kappa shape index (κ2) is 7.90. The largest absolute Gasteiger partial charge is 0.622 e. The first kappa shape index (κ1) is 22.8. The van der Waals surface area contributed by atoms with Gasteiger partial charge in [-0.15, -0.1) is 0 Å². The molecule has 1 saturated carbocycles. The molecule has 9 heteroatoms. The number of nitrogen functional groups attached to an aromatic ring is 1. The Labute approximate surface area is 188 Å². The number of hydrogen-bond acceptors (Lipinski definition) is 6. The fourth-order valence-electron chi connectivity index (χ4n) is 5.47. The van der Waals surface area contributed by atoms with Crippen LogP contribution in [0.2, 0.25) is 0 Å². The Balaban J connectivity index is 1.90. The number of hydrogen-bond donors (Lipinski definition) is 3. The van der Waals surface area contributed by atoms with Gasteiger partial charge in [0.2, 0.25) is 5.75 Å². The summed E-state index contributed by atoms with van der Waals surface area (Å²) in [6, 6.07) is -0.0272. The van der Waals surface area contributed by atoms with Crippen molar-refractivity contribution in [3.63, 3.8) is 0 Å². The zero-order chi connectivity index (χ0) is 23.4. The number of aliphatic carboxylic acids is 1. The van der Waals surface area contributed by atoms with Gasteiger partial charge in [0.25, 0.3) is 0 Å². The van der Waals surface area contributed by atoms with Crippen LogP contribution < -0.4 is 25.3 Å². The SMILES string of the molecule is CCC1(C)CN(c2c(F)c(N)c3c(c2OC)[N+]([O-])(C2CC2)C=C(C(=O)O)C3)CCC1NC. The lowest BCUT2D eigenvalue weighted by Crippen LogP contribution is -2.55. The van der Waals surface area contributed by atoms with Gasteiger partial charge >= 0.3 is 5.97 Å². The van der Waals surface area contributed by atoms with Crippen LogP contribution in [0.25, 0.3) is 0 Å². The number of halogens is 1. The van der Waals surface area contributed by atoms with Crippen molar-refractivity contribution < 1.29 is 19.0 Å². The highest BCUT2D eigenvalue weighted by molar-refractivity contribution is 5.93. The highest BCUT2D eigenvalue weighted by Gasteiger charge is 2.49. The second-order valence-corrected chi connectivity index (χ2v) is 9.57. The van der Waals surface area contributed by atoms with Crippen molar-refractivity contribution in [3.05, 3.63) is 28.4 Å². The van der Waals surface area contributed by atoms with Crippen LogP contribution in [0, 0.1) is 16.4 Å². The van der Waals surface area contributed by atoms with Gasteiger partial charge < -0.3 is 31.0 Å². The van der Waals surface area contributed by atoms with E-state index in [1.165, 1.54) is 13.3 Å². The Morgan fingerprint density at radius 1 is 1.47 bits per heavy atom. The number of hydroxylamine groups is 2. The molecule has 2 heterocycles. The Bertz CT molecular complexity index is 979. The molecule has 8 nitrogen and oxygen atoms in total. The summed E-state index contributed by atoms with van der Waals surface area (Å²) in [5.41, 5.74) is 6.62. The number of carboxylic acids is 1. The van der Waals surface area contributed by atoms with Gasteiger partial charge in [0.1, 0.15) is 11.9 Å². The summed E-state index contributed by atoms with van der Waals surface area (Å²) < 4.78 is 20.6. The molecule has 2 fully saturated rings. The predicted octanol–water partition coefficient (Wildman–Crippen LogP) is 3.12. The minimum absolute atomic E-state index is 0.0614. The standard InChI is InChI=1S/C23H33FN4O4/c1-5-23(2)12-27(9-8-16(23)26-3)19-17(24)18(25)15-10-13(22(29)30)11-28(31,14-6-7-14)20(15)21(19)32-4/h11,14,16,26H,5-10,12,25H2,1-4H3,(H,29,30). The van der Waals surface area contributed by atoms with E-state index in [9.17, 15) is 15.1 Å². The number of piperidine rings is 1. The molecule has 4 N–H and O–H groups in total. The van der Waals surface area contributed by atoms with Crippen molar-refractivity contribution >= 4 is 23.0 Å². The third-order valence-corrected chi connectivity index (χ3v) is 7.67. The van der Waals surface area contributed by atoms with Gasteiger partial charge in [0.15, 0.2) is 11.5 Å². The molecule has 1 aromatic carbocycles. The molecule has 3 aliphatic rings. The number of ether oxygens (including phenoxy) is 1. The quantitative estimate of drug-likeness (QED) is 0.348. The molecule has 1 saturated heterocycles. The number of quaternary nitrogens is 1. The van der Waals surface area contributed by atoms with Crippen molar-refractivity contribution in [3.8, 4) is 5.75 Å². The van der Waals surface area contributed by atoms with Gasteiger partial charge in [-0.2, -0.15) is 0 Å². The Morgan fingerprint density at radius 2 is 2.16 bits per heavy atom. The van der Waals surface area contributed by atoms with Crippen LogP contribution in [0.5, 0.6) is 5.75 Å². The highest BCUT2D eigenvalue weighted by Crippen LogP contribution is 2.55. The topological polar surface area (TPSA) is 111 Å². The van der Waals surface area contributed by atoms with E-state index in [0.29, 0.717) is 25.9 Å². The smallest absolute Gasteiger partial charge is 0.337 e. The molecule has 3 atom stereocenters. The van der Waals surface area contributed by atoms with Crippen molar-refractivity contribution in [2.24, 2.45) is 5.41 Å². The Kier molecular flexibility index (Phi) is 5.63. The molecule has 0 aromatic heterocycles. The Hall–Kier alpha value is -2.36. The predicted molar refractivity (Wildman–Crippen MR) is 123 cm³/mol. The third-order valence-electron chi connectivity index (χ3n) is 7.67. The number of fused-ring (bicyclic) bond motifs is 1. The number of carboxylic acid groups (broad SMARTS) is 1. The van der Waals surface area contributed by atoms with E-state index in [0.717, 1.165) is 12.8 Å². The molecule has 2 aliphatic heterocycles. The summed E-state index contributed by atoms with van der Waals surface area (Å²) in [5.74, 6) is -1.66. The van der Waals surface area contributed by atoms with Crippen LogP contribution in [0.4, 0.5) is 21.5 Å². The van der Waals surface area contributed by atoms with E-state index in [4.69, 9.17) is 10.5 Å². The third kappa shape index (κ3) is 3.34. The summed E-state index contributed by atoms with van der Waals surface area (Å²) in [5, 5.41) is 27.1. The zero-order valence-electron chi connectivity index (χ0n) is 19.2. The average Bonchev–Trinajstić information content (AvgIpc) is 3.62. The minimum atomic E-state index is -1.19. The number of nitrogens with one attached hydrogen (secondary N) is 1. The minimum Gasteiger partial charge on any atom is -0.622 e. The van der Waals surface area contributed by atoms with E-state index >= 15 is 4.39 Å². The van der Waals surface area contributed by atoms with Crippen LogP contribution >= 0.6 is 0 Å². The maximum atomic E-state index is 15.8. The zero-order valence-corrected chi connectivity index (χ0v) is 19.2. The normalized spacial score (nSPS) is 30.0. The molecule has 3 unspecified atom stereocenters. The fourth-order valence-corrected chi connectivity index (χ4v) is 5.47. The van der Waals surface area contributed by atoms with E-state index in [-0.39, 0.29) is 57.9 Å². The Morgan fingerprint density at radius 3 is 2.69 bits per heavy atom. The lowest BCUT2D eigenvalue weighted by molar-refractivity contribution is -0.132. The molecule has 0 spiro atoms. The first-order valence-corrected chi connectivity index (χ1v) is 11.3. The molecular formula is C23H33FN4O4. The van der Waals surface area contributed by atoms with E-state index < -0.39 is 16.4 Å². The van der Waals surface area contributed by atoms with Crippen molar-refractivity contribution in [2.75, 3.05) is 37.9 Å². The molecule has 176 valence electrons. The summed E-state index contributed by atoms with van der Waals surface area (Å²) in [4.78, 5) is 13.7. The molecule has 0 amide bonds. The second-order valence-electron chi connectivity index (χ2n) is 9.57. The van der Waals surface area contributed by atoms with E-state index in [1.807, 2.05) is 11.9 Å². The number of anilines is 2. The molecular weight excluding hydrogens is 415 g/mol. The molecule has 1 aromatic rings. The van der Waals surface area contributed by atoms with Crippen LogP contribution in [-0.2, 0) is 11.2 Å². The van der Waals surface area contributed by atoms with Crippen molar-refractivity contribution in [1.29, 1.82) is 0 Å². The molecule has 32 heavy (non-hydrogen) atoms. The highest BCUT2D eigenvalue weighted by atomic mass is 19.1. The van der Waals surface area contributed by atoms with Gasteiger partial charge in [-0.1, -0.05) is 13.8 Å². The van der Waals surface area contributed by atoms with Crippen molar-refractivity contribution in [2.45, 2.75) is 58.0 Å². The maximum Gasteiger partial charge on any atom is 0.337 e. The first-order valence-electron chi connectivity index (χ1n) is 11.3. The van der Waals surface area contributed by atoms with Gasteiger partial charge in [-0.05, 0) is 19.9 Å². The average molecular weight is 449 g/mol. The van der Waals surface area contributed by atoms with Gasteiger partial charge in [0.05, 0.1) is 24.4 Å². The lowest BCUT2D eigenvalue weighted by atomic mass is 9.75. The number of nitrogens with zero attached hydrogens (tertiary/aromatic N) is 2. The number of carbonyl (C=O) groups is 1. The van der Waals surface area contributed by atoms with Crippen molar-refractivity contribution in [1.82, 2.24) is 9.96 Å². The van der Waals surface area contributed by atoms with Crippen LogP contribution in [0.15, 0.2) is 11.8 Å². The number of rotatable bonds is 6. The van der Waals surface area contributed by atoms with Gasteiger partial charge in [-0.3, -0.25) is 4.65 Å². The number of methoxy groups -OCH3 is 1. The molecule has 0 bridgehead atoms. The lowest BCUT2D eigenvalue weighted by Gasteiger charge is -2.48. The fraction of sp³-hybridized carbons (Fsp3) is 0.609. The van der Waals surface area contributed by atoms with Gasteiger partial charge in [0, 0.05) is 49.4 Å². The van der Waals surface area contributed by atoms with Crippen LogP contribution in [0.3, 0.4) is 0 Å². The summed E-state index contributed by atoms with van der Waals surface area (Å²) in [7, 11) is 3.37. The van der Waals surface area contributed by atoms with E-state index in [1.54, 1.807) is 0 Å².